The molecule has 3 atom stereocenters. The minimum Gasteiger partial charge on any atom is -0.390 e. The molecule has 0 saturated carbocycles. The summed E-state index contributed by atoms with van der Waals surface area (Å²) in [4.78, 5) is 3.93. The van der Waals surface area contributed by atoms with Gasteiger partial charge in [0.1, 0.15) is 24.1 Å². The number of hydrogen-bond donors (Lipinski definition) is 4. The zero-order chi connectivity index (χ0) is 10.3. The Morgan fingerprint density at radius 1 is 1.43 bits per heavy atom. The molecule has 6 nitrogen and oxygen atoms in total. The van der Waals surface area contributed by atoms with Crippen molar-refractivity contribution in [3.8, 4) is 0 Å². The first-order valence-electron chi connectivity index (χ1n) is 4.34. The van der Waals surface area contributed by atoms with E-state index in [4.69, 9.17) is 5.11 Å². The molecule has 0 spiro atoms. The van der Waals surface area contributed by atoms with Crippen LogP contribution in [0.1, 0.15) is 17.6 Å². The van der Waals surface area contributed by atoms with Crippen molar-refractivity contribution in [2.24, 2.45) is 0 Å². The lowest BCUT2D eigenvalue weighted by molar-refractivity contribution is -0.0854. The van der Waals surface area contributed by atoms with Gasteiger partial charge in [0.25, 0.3) is 0 Å². The van der Waals surface area contributed by atoms with Gasteiger partial charge in [-0.05, 0) is 0 Å². The van der Waals surface area contributed by atoms with Gasteiger partial charge in [-0.25, -0.2) is 4.98 Å². The quantitative estimate of drug-likeness (QED) is 0.426. The van der Waals surface area contributed by atoms with Crippen LogP contribution in [0.25, 0.3) is 0 Å². The molecule has 0 amide bonds. The summed E-state index contributed by atoms with van der Waals surface area (Å²) in [5, 5.41) is 37.1. The third-order valence-electron chi connectivity index (χ3n) is 2.39. The minimum atomic E-state index is -1.21. The van der Waals surface area contributed by atoms with Crippen LogP contribution in [-0.2, 0) is 13.2 Å². The highest BCUT2D eigenvalue weighted by molar-refractivity contribution is 5.10. The van der Waals surface area contributed by atoms with E-state index in [2.05, 4.69) is 4.98 Å². The molecule has 6 heteroatoms. The topological polar surface area (TPSA) is 98.7 Å². The summed E-state index contributed by atoms with van der Waals surface area (Å²) in [7, 11) is 0. The van der Waals surface area contributed by atoms with Crippen molar-refractivity contribution in [2.45, 2.75) is 31.5 Å². The summed E-state index contributed by atoms with van der Waals surface area (Å²) in [6, 6.07) is 0. The molecule has 2 rings (SSSR count). The Kier molecular flexibility index (Phi) is 2.28. The van der Waals surface area contributed by atoms with Gasteiger partial charge in [0.15, 0.2) is 0 Å². The van der Waals surface area contributed by atoms with E-state index in [0.717, 1.165) is 0 Å². The van der Waals surface area contributed by atoms with Crippen molar-refractivity contribution in [1.29, 1.82) is 0 Å². The van der Waals surface area contributed by atoms with Gasteiger partial charge in [-0.1, -0.05) is 0 Å². The molecule has 0 radical (unpaired) electrons. The molecule has 2 heterocycles. The summed E-state index contributed by atoms with van der Waals surface area (Å²) in [6.45, 7) is -0.0422. The van der Waals surface area contributed by atoms with Crippen LogP contribution in [0.2, 0.25) is 0 Å². The Morgan fingerprint density at radius 2 is 2.14 bits per heavy atom. The van der Waals surface area contributed by atoms with E-state index in [9.17, 15) is 15.3 Å². The molecule has 1 aliphatic heterocycles. The Bertz CT molecular complexity index is 338. The largest absolute Gasteiger partial charge is 0.390 e. The van der Waals surface area contributed by atoms with E-state index in [0.29, 0.717) is 5.69 Å². The van der Waals surface area contributed by atoms with Crippen LogP contribution in [0.4, 0.5) is 0 Å². The summed E-state index contributed by atoms with van der Waals surface area (Å²) in [6.07, 6.45) is -1.86. The van der Waals surface area contributed by atoms with Crippen molar-refractivity contribution in [3.63, 3.8) is 0 Å². The normalized spacial score (nSPS) is 31.6. The number of fused-ring (bicyclic) bond motifs is 1. The highest BCUT2D eigenvalue weighted by Crippen LogP contribution is 2.24. The van der Waals surface area contributed by atoms with Crippen LogP contribution >= 0.6 is 0 Å². The molecule has 1 aliphatic rings. The SMILES string of the molecule is OCc1cn2c(n1)[C@H](O)[C@@H](O)[C@@H](O)C2. The summed E-state index contributed by atoms with van der Waals surface area (Å²) in [5.74, 6) is 0.284. The summed E-state index contributed by atoms with van der Waals surface area (Å²) >= 11 is 0. The van der Waals surface area contributed by atoms with Crippen molar-refractivity contribution >= 4 is 0 Å². The molecule has 14 heavy (non-hydrogen) atoms. The van der Waals surface area contributed by atoms with Crippen LogP contribution in [0, 0.1) is 0 Å². The molecular formula is C8H12N2O4. The second kappa shape index (κ2) is 3.32. The van der Waals surface area contributed by atoms with E-state index in [1.807, 2.05) is 0 Å². The number of nitrogens with zero attached hydrogens (tertiary/aromatic N) is 2. The van der Waals surface area contributed by atoms with Crippen LogP contribution in [0.15, 0.2) is 6.20 Å². The van der Waals surface area contributed by atoms with Crippen LogP contribution in [0.3, 0.4) is 0 Å². The first kappa shape index (κ1) is 9.60. The Labute approximate surface area is 80.1 Å². The standard InChI is InChI=1S/C8H12N2O4/c11-3-4-1-10-2-5(12)6(13)7(14)8(10)9-4/h1,5-7,11-14H,2-3H2/t5-,6-,7+/m0/s1. The van der Waals surface area contributed by atoms with E-state index in [1.165, 1.54) is 4.57 Å². The van der Waals surface area contributed by atoms with E-state index >= 15 is 0 Å². The highest BCUT2D eigenvalue weighted by Gasteiger charge is 2.34. The van der Waals surface area contributed by atoms with Gasteiger partial charge in [0, 0.05) is 6.20 Å². The Balaban J connectivity index is 2.38. The van der Waals surface area contributed by atoms with Crippen molar-refractivity contribution in [2.75, 3.05) is 0 Å². The maximum atomic E-state index is 9.53. The molecule has 1 aromatic heterocycles. The van der Waals surface area contributed by atoms with Crippen molar-refractivity contribution in [1.82, 2.24) is 9.55 Å². The fourth-order valence-corrected chi connectivity index (χ4v) is 1.62. The third-order valence-corrected chi connectivity index (χ3v) is 2.39. The predicted molar refractivity (Wildman–Crippen MR) is 45.1 cm³/mol. The molecule has 0 unspecified atom stereocenters. The van der Waals surface area contributed by atoms with Crippen molar-refractivity contribution < 1.29 is 20.4 Å². The van der Waals surface area contributed by atoms with Gasteiger partial charge in [0.05, 0.1) is 18.8 Å². The average Bonchev–Trinajstić information content (AvgIpc) is 2.57. The van der Waals surface area contributed by atoms with Gasteiger partial charge >= 0.3 is 0 Å². The molecule has 4 N–H and O–H groups in total. The molecule has 0 aliphatic carbocycles. The summed E-state index contributed by atoms with van der Waals surface area (Å²) in [5.41, 5.74) is 0.417. The van der Waals surface area contributed by atoms with Crippen LogP contribution in [0.5, 0.6) is 0 Å². The van der Waals surface area contributed by atoms with Crippen LogP contribution in [-0.4, -0.2) is 42.2 Å². The number of imidazole rings is 1. The molecule has 0 fully saturated rings. The number of aliphatic hydroxyl groups excluding tert-OH is 4. The third kappa shape index (κ3) is 1.32. The predicted octanol–water partition coefficient (Wildman–Crippen LogP) is -1.86. The molecule has 1 aromatic rings. The fraction of sp³-hybridized carbons (Fsp3) is 0.625. The summed E-state index contributed by atoms with van der Waals surface area (Å²) < 4.78 is 1.54. The van der Waals surface area contributed by atoms with Gasteiger partial charge < -0.3 is 25.0 Å². The first-order chi connectivity index (χ1) is 6.63. The van der Waals surface area contributed by atoms with Gasteiger partial charge in [-0.15, -0.1) is 0 Å². The monoisotopic (exact) mass is 200 g/mol. The van der Waals surface area contributed by atoms with E-state index in [-0.39, 0.29) is 19.0 Å². The lowest BCUT2D eigenvalue weighted by atomic mass is 10.0. The lowest BCUT2D eigenvalue weighted by Crippen LogP contribution is -2.41. The second-order valence-electron chi connectivity index (χ2n) is 3.40. The fourth-order valence-electron chi connectivity index (χ4n) is 1.62. The molecule has 78 valence electrons. The van der Waals surface area contributed by atoms with Crippen molar-refractivity contribution in [3.05, 3.63) is 17.7 Å². The van der Waals surface area contributed by atoms with Crippen LogP contribution < -0.4 is 0 Å². The zero-order valence-corrected chi connectivity index (χ0v) is 7.41. The highest BCUT2D eigenvalue weighted by atomic mass is 16.4. The molecule has 0 bridgehead atoms. The lowest BCUT2D eigenvalue weighted by Gasteiger charge is -2.28. The Morgan fingerprint density at radius 3 is 2.79 bits per heavy atom. The minimum absolute atomic E-state index is 0.181. The molecule has 0 aromatic carbocycles. The number of aliphatic hydroxyl groups is 4. The maximum Gasteiger partial charge on any atom is 0.140 e. The zero-order valence-electron chi connectivity index (χ0n) is 7.41. The first-order valence-corrected chi connectivity index (χ1v) is 4.34. The molecule has 0 saturated heterocycles. The number of aromatic nitrogens is 2. The van der Waals surface area contributed by atoms with E-state index < -0.39 is 18.3 Å². The number of rotatable bonds is 1. The van der Waals surface area contributed by atoms with Gasteiger partial charge in [-0.3, -0.25) is 0 Å². The maximum absolute atomic E-state index is 9.53. The second-order valence-corrected chi connectivity index (χ2v) is 3.40. The Hall–Kier alpha value is -0.950. The average molecular weight is 200 g/mol. The smallest absolute Gasteiger partial charge is 0.140 e. The van der Waals surface area contributed by atoms with Gasteiger partial charge in [-0.2, -0.15) is 0 Å². The number of hydrogen-bond acceptors (Lipinski definition) is 5. The van der Waals surface area contributed by atoms with Gasteiger partial charge in [0.2, 0.25) is 0 Å². The van der Waals surface area contributed by atoms with E-state index in [1.54, 1.807) is 6.20 Å². The molecular weight excluding hydrogens is 188 g/mol.